The first-order valence-electron chi connectivity index (χ1n) is 7.45. The fourth-order valence-corrected chi connectivity index (χ4v) is 4.73. The third kappa shape index (κ3) is 3.99. The van der Waals surface area contributed by atoms with Crippen LogP contribution in [0.1, 0.15) is 42.9 Å². The van der Waals surface area contributed by atoms with Gasteiger partial charge in [0, 0.05) is 17.3 Å². The standard InChI is InChI=1S/C16H24ClNO2S/c1-11-7-8-13(10-15(11)17)16(18-2)12-5-4-6-14(9-12)21(3,19)20/h7-8,10,12,14,16,18H,4-6,9H2,1-3H3. The summed E-state index contributed by atoms with van der Waals surface area (Å²) in [4.78, 5) is 0. The Balaban J connectivity index is 2.22. The highest BCUT2D eigenvalue weighted by atomic mass is 35.5. The Kier molecular flexibility index (Phi) is 5.33. The van der Waals surface area contributed by atoms with Crippen molar-refractivity contribution in [2.24, 2.45) is 5.92 Å². The van der Waals surface area contributed by atoms with E-state index in [-0.39, 0.29) is 11.3 Å². The Labute approximate surface area is 133 Å². The van der Waals surface area contributed by atoms with Crippen LogP contribution in [0, 0.1) is 12.8 Å². The average molecular weight is 330 g/mol. The fraction of sp³-hybridized carbons (Fsp3) is 0.625. The molecule has 0 aromatic heterocycles. The number of rotatable bonds is 4. The highest BCUT2D eigenvalue weighted by Gasteiger charge is 2.33. The van der Waals surface area contributed by atoms with E-state index in [0.29, 0.717) is 5.92 Å². The normalized spacial score (nSPS) is 24.8. The lowest BCUT2D eigenvalue weighted by Crippen LogP contribution is -2.34. The van der Waals surface area contributed by atoms with Crippen molar-refractivity contribution in [3.63, 3.8) is 0 Å². The van der Waals surface area contributed by atoms with E-state index in [1.807, 2.05) is 26.1 Å². The van der Waals surface area contributed by atoms with Gasteiger partial charge in [0.25, 0.3) is 0 Å². The first-order valence-corrected chi connectivity index (χ1v) is 9.78. The quantitative estimate of drug-likeness (QED) is 0.919. The van der Waals surface area contributed by atoms with Crippen LogP contribution in [0.2, 0.25) is 5.02 Å². The van der Waals surface area contributed by atoms with Crippen molar-refractivity contribution >= 4 is 21.4 Å². The molecule has 0 radical (unpaired) electrons. The molecule has 1 aromatic carbocycles. The molecule has 0 amide bonds. The molecule has 1 N–H and O–H groups in total. The van der Waals surface area contributed by atoms with Crippen molar-refractivity contribution < 1.29 is 8.42 Å². The maximum absolute atomic E-state index is 11.8. The Hall–Kier alpha value is -0.580. The molecule has 3 unspecified atom stereocenters. The van der Waals surface area contributed by atoms with Gasteiger partial charge in [0.2, 0.25) is 0 Å². The number of benzene rings is 1. The van der Waals surface area contributed by atoms with Crippen LogP contribution in [0.15, 0.2) is 18.2 Å². The van der Waals surface area contributed by atoms with Crippen molar-refractivity contribution in [2.45, 2.75) is 43.9 Å². The van der Waals surface area contributed by atoms with Crippen LogP contribution < -0.4 is 5.32 Å². The molecule has 3 nitrogen and oxygen atoms in total. The summed E-state index contributed by atoms with van der Waals surface area (Å²) in [5.41, 5.74) is 2.21. The first kappa shape index (κ1) is 16.8. The lowest BCUT2D eigenvalue weighted by atomic mass is 9.81. The fourth-order valence-electron chi connectivity index (χ4n) is 3.35. The number of nitrogens with one attached hydrogen (secondary N) is 1. The van der Waals surface area contributed by atoms with Gasteiger partial charge in [-0.15, -0.1) is 0 Å². The Morgan fingerprint density at radius 2 is 2.05 bits per heavy atom. The molecular weight excluding hydrogens is 306 g/mol. The third-order valence-electron chi connectivity index (χ3n) is 4.61. The molecule has 1 saturated carbocycles. The monoisotopic (exact) mass is 329 g/mol. The maximum Gasteiger partial charge on any atom is 0.150 e. The predicted octanol–water partition coefficient (Wildman–Crippen LogP) is 3.51. The van der Waals surface area contributed by atoms with E-state index in [1.54, 1.807) is 0 Å². The van der Waals surface area contributed by atoms with Crippen molar-refractivity contribution in [3.05, 3.63) is 34.3 Å². The summed E-state index contributed by atoms with van der Waals surface area (Å²) in [6, 6.07) is 6.28. The molecule has 5 heteroatoms. The van der Waals surface area contributed by atoms with E-state index in [9.17, 15) is 8.42 Å². The minimum Gasteiger partial charge on any atom is -0.313 e. The topological polar surface area (TPSA) is 46.2 Å². The van der Waals surface area contributed by atoms with Gasteiger partial charge in [-0.3, -0.25) is 0 Å². The lowest BCUT2D eigenvalue weighted by Gasteiger charge is -2.34. The van der Waals surface area contributed by atoms with Crippen LogP contribution in [0.5, 0.6) is 0 Å². The van der Waals surface area contributed by atoms with Crippen LogP contribution in [0.3, 0.4) is 0 Å². The van der Waals surface area contributed by atoms with Gasteiger partial charge in [-0.25, -0.2) is 8.42 Å². The number of halogens is 1. The smallest absolute Gasteiger partial charge is 0.150 e. The van der Waals surface area contributed by atoms with E-state index in [0.717, 1.165) is 41.8 Å². The molecule has 1 aromatic rings. The molecule has 1 aliphatic rings. The molecular formula is C16H24ClNO2S. The number of hydrogen-bond donors (Lipinski definition) is 1. The van der Waals surface area contributed by atoms with Gasteiger partial charge >= 0.3 is 0 Å². The molecule has 0 saturated heterocycles. The van der Waals surface area contributed by atoms with Crippen LogP contribution in [-0.2, 0) is 9.84 Å². The molecule has 1 fully saturated rings. The molecule has 3 atom stereocenters. The van der Waals surface area contributed by atoms with Gasteiger partial charge in [-0.05, 0) is 56.3 Å². The minimum absolute atomic E-state index is 0.160. The summed E-state index contributed by atoms with van der Waals surface area (Å²) in [6.45, 7) is 1.99. The molecule has 0 bridgehead atoms. The predicted molar refractivity (Wildman–Crippen MR) is 88.6 cm³/mol. The zero-order valence-corrected chi connectivity index (χ0v) is 14.5. The van der Waals surface area contributed by atoms with E-state index in [2.05, 4.69) is 11.4 Å². The second-order valence-corrected chi connectivity index (χ2v) is 8.89. The van der Waals surface area contributed by atoms with Crippen molar-refractivity contribution in [1.82, 2.24) is 5.32 Å². The summed E-state index contributed by atoms with van der Waals surface area (Å²) in [5, 5.41) is 3.92. The van der Waals surface area contributed by atoms with Gasteiger partial charge in [0.15, 0.2) is 0 Å². The summed E-state index contributed by atoms with van der Waals surface area (Å²) < 4.78 is 23.7. The maximum atomic E-state index is 11.8. The highest BCUT2D eigenvalue weighted by molar-refractivity contribution is 7.91. The van der Waals surface area contributed by atoms with Gasteiger partial charge in [-0.1, -0.05) is 30.2 Å². The molecule has 0 spiro atoms. The zero-order valence-electron chi connectivity index (χ0n) is 12.9. The van der Waals surface area contributed by atoms with Crippen molar-refractivity contribution in [3.8, 4) is 0 Å². The molecule has 1 aliphatic carbocycles. The van der Waals surface area contributed by atoms with Crippen LogP contribution in [0.4, 0.5) is 0 Å². The second-order valence-electron chi connectivity index (χ2n) is 6.15. The largest absolute Gasteiger partial charge is 0.313 e. The Bertz CT molecular complexity index is 600. The van der Waals surface area contributed by atoms with Crippen LogP contribution >= 0.6 is 11.6 Å². The third-order valence-corrected chi connectivity index (χ3v) is 6.66. The van der Waals surface area contributed by atoms with E-state index in [4.69, 9.17) is 11.6 Å². The SMILES string of the molecule is CNC(c1ccc(C)c(Cl)c1)C1CCCC(S(C)(=O)=O)C1. The average Bonchev–Trinajstić information content (AvgIpc) is 2.43. The van der Waals surface area contributed by atoms with E-state index in [1.165, 1.54) is 6.26 Å². The first-order chi connectivity index (χ1) is 9.82. The number of aryl methyl sites for hydroxylation is 1. The minimum atomic E-state index is -2.95. The lowest BCUT2D eigenvalue weighted by molar-refractivity contribution is 0.282. The van der Waals surface area contributed by atoms with Gasteiger partial charge in [0.1, 0.15) is 9.84 Å². The molecule has 2 rings (SSSR count). The zero-order chi connectivity index (χ0) is 15.6. The summed E-state index contributed by atoms with van der Waals surface area (Å²) in [6.07, 6.45) is 4.91. The molecule has 21 heavy (non-hydrogen) atoms. The molecule has 0 heterocycles. The summed E-state index contributed by atoms with van der Waals surface area (Å²) in [7, 11) is -1.02. The highest BCUT2D eigenvalue weighted by Crippen LogP contribution is 2.37. The molecule has 118 valence electrons. The van der Waals surface area contributed by atoms with Crippen LogP contribution in [-0.4, -0.2) is 27.0 Å². The van der Waals surface area contributed by atoms with Gasteiger partial charge in [-0.2, -0.15) is 0 Å². The Morgan fingerprint density at radius 1 is 1.33 bits per heavy atom. The Morgan fingerprint density at radius 3 is 2.62 bits per heavy atom. The molecule has 0 aliphatic heterocycles. The van der Waals surface area contributed by atoms with Crippen molar-refractivity contribution in [1.29, 1.82) is 0 Å². The number of sulfone groups is 1. The second kappa shape index (κ2) is 6.67. The summed E-state index contributed by atoms with van der Waals surface area (Å²) >= 11 is 6.23. The van der Waals surface area contributed by atoms with Gasteiger partial charge in [0.05, 0.1) is 5.25 Å². The van der Waals surface area contributed by atoms with E-state index >= 15 is 0 Å². The van der Waals surface area contributed by atoms with Crippen LogP contribution in [0.25, 0.3) is 0 Å². The number of hydrogen-bond acceptors (Lipinski definition) is 3. The van der Waals surface area contributed by atoms with Crippen molar-refractivity contribution in [2.75, 3.05) is 13.3 Å². The summed E-state index contributed by atoms with van der Waals surface area (Å²) in [5.74, 6) is 0.335. The van der Waals surface area contributed by atoms with Gasteiger partial charge < -0.3 is 5.32 Å². The van der Waals surface area contributed by atoms with E-state index < -0.39 is 9.84 Å².